The first-order valence-corrected chi connectivity index (χ1v) is 10.0. The summed E-state index contributed by atoms with van der Waals surface area (Å²) in [6, 6.07) is 4.59. The van der Waals surface area contributed by atoms with Gasteiger partial charge in [0.05, 0.1) is 0 Å². The van der Waals surface area contributed by atoms with Crippen molar-refractivity contribution in [3.05, 3.63) is 28.2 Å². The number of aromatic nitrogens is 2. The molecular formula is C15H12BrF6N3O4S. The van der Waals surface area contributed by atoms with Gasteiger partial charge in [0, 0.05) is 10.0 Å². The van der Waals surface area contributed by atoms with Crippen molar-refractivity contribution in [1.29, 1.82) is 0 Å². The number of hydrogen-bond acceptors (Lipinski definition) is 6. The molecule has 15 heteroatoms. The van der Waals surface area contributed by atoms with Crippen LogP contribution in [-0.4, -0.2) is 44.0 Å². The van der Waals surface area contributed by atoms with Crippen molar-refractivity contribution in [1.82, 2.24) is 9.97 Å². The van der Waals surface area contributed by atoms with Crippen LogP contribution < -0.4 is 14.6 Å². The van der Waals surface area contributed by atoms with Crippen LogP contribution in [0.5, 0.6) is 11.8 Å². The second kappa shape index (κ2) is 8.55. The first kappa shape index (κ1) is 24.1. The summed E-state index contributed by atoms with van der Waals surface area (Å²) in [6.45, 7) is -2.41. The minimum atomic E-state index is -4.94. The molecule has 2 aromatic rings. The van der Waals surface area contributed by atoms with Crippen LogP contribution in [0.15, 0.2) is 27.6 Å². The molecule has 2 rings (SSSR count). The van der Waals surface area contributed by atoms with E-state index in [2.05, 4.69) is 35.4 Å². The molecule has 0 aliphatic rings. The fraction of sp³-hybridized carbons (Fsp3) is 0.333. The van der Waals surface area contributed by atoms with E-state index in [0.717, 1.165) is 0 Å². The smallest absolute Gasteiger partial charge is 0.422 e. The van der Waals surface area contributed by atoms with Gasteiger partial charge in [-0.05, 0) is 24.6 Å². The summed E-state index contributed by atoms with van der Waals surface area (Å²) in [5.74, 6) is -2.83. The van der Waals surface area contributed by atoms with E-state index < -0.39 is 58.1 Å². The summed E-state index contributed by atoms with van der Waals surface area (Å²) in [5, 5.41) is 4.94. The van der Waals surface area contributed by atoms with Gasteiger partial charge in [-0.3, -0.25) is 0 Å². The molecule has 1 heterocycles. The second-order valence-electron chi connectivity index (χ2n) is 5.80. The van der Waals surface area contributed by atoms with Crippen molar-refractivity contribution < 1.29 is 44.2 Å². The number of rotatable bonds is 6. The lowest BCUT2D eigenvalue weighted by Gasteiger charge is -2.17. The minimum absolute atomic E-state index is 0.166. The van der Waals surface area contributed by atoms with E-state index in [1.54, 1.807) is 19.1 Å². The number of nitrogens with zero attached hydrogens (tertiary/aromatic N) is 2. The summed E-state index contributed by atoms with van der Waals surface area (Å²) in [7, 11) is -4.94. The summed E-state index contributed by atoms with van der Waals surface area (Å²) >= 11 is 3.16. The Bertz CT molecular complexity index is 1000. The number of nitrogens with two attached hydrogens (primary N) is 1. The van der Waals surface area contributed by atoms with E-state index in [-0.39, 0.29) is 5.56 Å². The zero-order valence-electron chi connectivity index (χ0n) is 14.8. The molecule has 0 aliphatic heterocycles. The molecule has 0 bridgehead atoms. The van der Waals surface area contributed by atoms with Crippen molar-refractivity contribution in [3.63, 3.8) is 0 Å². The van der Waals surface area contributed by atoms with Gasteiger partial charge in [0.2, 0.25) is 26.7 Å². The SMILES string of the molecule is Cc1ccc(Br)cc1-c1nc(OCC(F)(F)F)c(S(N)(=O)=O)c(OCC(F)(F)F)n1. The second-order valence-corrected chi connectivity index (χ2v) is 8.21. The Morgan fingerprint density at radius 3 is 1.87 bits per heavy atom. The Hall–Kier alpha value is -2.13. The molecule has 0 spiro atoms. The van der Waals surface area contributed by atoms with Gasteiger partial charge in [0.25, 0.3) is 0 Å². The van der Waals surface area contributed by atoms with Crippen LogP contribution in [-0.2, 0) is 10.0 Å². The number of ether oxygens (including phenoxy) is 2. The third-order valence-electron chi connectivity index (χ3n) is 3.27. The molecule has 0 saturated heterocycles. The predicted octanol–water partition coefficient (Wildman–Crippen LogP) is 3.74. The number of sulfonamides is 1. The highest BCUT2D eigenvalue weighted by Gasteiger charge is 2.35. The highest BCUT2D eigenvalue weighted by atomic mass is 79.9. The van der Waals surface area contributed by atoms with Gasteiger partial charge in [0.1, 0.15) is 0 Å². The Kier molecular flexibility index (Phi) is 6.88. The lowest BCUT2D eigenvalue weighted by atomic mass is 10.1. The fourth-order valence-electron chi connectivity index (χ4n) is 2.11. The molecule has 0 unspecified atom stereocenters. The fourth-order valence-corrected chi connectivity index (χ4v) is 3.16. The number of benzene rings is 1. The molecule has 0 amide bonds. The van der Waals surface area contributed by atoms with Crippen molar-refractivity contribution in [2.45, 2.75) is 24.2 Å². The molecule has 0 fully saturated rings. The monoisotopic (exact) mass is 523 g/mol. The van der Waals surface area contributed by atoms with Gasteiger partial charge >= 0.3 is 12.4 Å². The molecule has 0 aliphatic carbocycles. The van der Waals surface area contributed by atoms with Crippen molar-refractivity contribution in [2.75, 3.05) is 13.2 Å². The Labute approximate surface area is 174 Å². The molecule has 30 heavy (non-hydrogen) atoms. The molecular weight excluding hydrogens is 512 g/mol. The molecule has 166 valence electrons. The van der Waals surface area contributed by atoms with E-state index in [1.165, 1.54) is 6.07 Å². The van der Waals surface area contributed by atoms with Crippen LogP contribution in [0.3, 0.4) is 0 Å². The molecule has 0 atom stereocenters. The van der Waals surface area contributed by atoms with E-state index >= 15 is 0 Å². The number of primary sulfonamides is 1. The van der Waals surface area contributed by atoms with Crippen LogP contribution >= 0.6 is 15.9 Å². The predicted molar refractivity (Wildman–Crippen MR) is 94.4 cm³/mol. The van der Waals surface area contributed by atoms with E-state index in [4.69, 9.17) is 5.14 Å². The van der Waals surface area contributed by atoms with Gasteiger partial charge in [-0.25, -0.2) is 13.6 Å². The van der Waals surface area contributed by atoms with E-state index in [0.29, 0.717) is 10.0 Å². The quantitative estimate of drug-likeness (QED) is 0.578. The Morgan fingerprint density at radius 1 is 1.00 bits per heavy atom. The molecule has 1 aromatic heterocycles. The van der Waals surface area contributed by atoms with E-state index in [1.807, 2.05) is 0 Å². The Morgan fingerprint density at radius 2 is 1.47 bits per heavy atom. The van der Waals surface area contributed by atoms with Crippen LogP contribution in [0, 0.1) is 6.92 Å². The number of halogens is 7. The Balaban J connectivity index is 2.73. The average Bonchev–Trinajstić information content (AvgIpc) is 2.57. The van der Waals surface area contributed by atoms with Crippen molar-refractivity contribution in [3.8, 4) is 23.1 Å². The lowest BCUT2D eigenvalue weighted by Crippen LogP contribution is -2.25. The number of aryl methyl sites for hydroxylation is 1. The van der Waals surface area contributed by atoms with Gasteiger partial charge in [-0.15, -0.1) is 0 Å². The molecule has 0 saturated carbocycles. The van der Waals surface area contributed by atoms with Gasteiger partial charge in [0.15, 0.2) is 19.0 Å². The van der Waals surface area contributed by atoms with Crippen LogP contribution in [0.25, 0.3) is 11.4 Å². The summed E-state index contributed by atoms with van der Waals surface area (Å²) in [4.78, 5) is 5.95. The zero-order chi connectivity index (χ0) is 22.9. The summed E-state index contributed by atoms with van der Waals surface area (Å²) < 4.78 is 109. The molecule has 0 radical (unpaired) electrons. The van der Waals surface area contributed by atoms with Crippen LogP contribution in [0.4, 0.5) is 26.3 Å². The largest absolute Gasteiger partial charge is 0.467 e. The first-order chi connectivity index (χ1) is 13.6. The van der Waals surface area contributed by atoms with Crippen molar-refractivity contribution in [2.24, 2.45) is 5.14 Å². The topological polar surface area (TPSA) is 104 Å². The maximum absolute atomic E-state index is 12.6. The minimum Gasteiger partial charge on any atom is -0.467 e. The van der Waals surface area contributed by atoms with E-state index in [9.17, 15) is 34.8 Å². The zero-order valence-corrected chi connectivity index (χ0v) is 17.2. The van der Waals surface area contributed by atoms with Crippen molar-refractivity contribution >= 4 is 26.0 Å². The normalized spacial score (nSPS) is 12.7. The third-order valence-corrected chi connectivity index (χ3v) is 4.69. The number of hydrogen-bond donors (Lipinski definition) is 1. The maximum atomic E-state index is 12.6. The van der Waals surface area contributed by atoms with Gasteiger partial charge < -0.3 is 9.47 Å². The van der Waals surface area contributed by atoms with Gasteiger partial charge in [-0.1, -0.05) is 22.0 Å². The third kappa shape index (κ3) is 6.70. The molecule has 2 N–H and O–H groups in total. The number of alkyl halides is 6. The molecule has 7 nitrogen and oxygen atoms in total. The summed E-state index contributed by atoms with van der Waals surface area (Å²) in [5.41, 5.74) is 0.643. The molecule has 1 aromatic carbocycles. The summed E-state index contributed by atoms with van der Waals surface area (Å²) in [6.07, 6.45) is -9.81. The first-order valence-electron chi connectivity index (χ1n) is 7.67. The standard InChI is InChI=1S/C15H12BrF6N3O4S/c1-7-2-3-8(16)4-9(7)11-24-12(28-5-14(17,18)19)10(30(23,26)27)13(25-11)29-6-15(20,21)22/h2-4H,5-6H2,1H3,(H2,23,26,27). The highest BCUT2D eigenvalue weighted by Crippen LogP contribution is 2.35. The lowest BCUT2D eigenvalue weighted by molar-refractivity contribution is -0.155. The van der Waals surface area contributed by atoms with Crippen LogP contribution in [0.1, 0.15) is 5.56 Å². The average molecular weight is 524 g/mol. The highest BCUT2D eigenvalue weighted by molar-refractivity contribution is 9.10. The van der Waals surface area contributed by atoms with Gasteiger partial charge in [-0.2, -0.15) is 36.3 Å². The maximum Gasteiger partial charge on any atom is 0.422 e. The van der Waals surface area contributed by atoms with Crippen LogP contribution in [0.2, 0.25) is 0 Å².